The molecule has 0 bridgehead atoms. The first-order valence-electron chi connectivity index (χ1n) is 5.58. The molecule has 3 nitrogen and oxygen atoms in total. The van der Waals surface area contributed by atoms with E-state index in [1.165, 1.54) is 32.8 Å². The molecule has 0 radical (unpaired) electrons. The van der Waals surface area contributed by atoms with Gasteiger partial charge in [-0.1, -0.05) is 13.3 Å². The molecule has 1 saturated heterocycles. The monoisotopic (exact) mass is 199 g/mol. The molecule has 0 aliphatic carbocycles. The Labute approximate surface area is 86.4 Å². The predicted octanol–water partition coefficient (Wildman–Crippen LogP) is 1.81. The Morgan fingerprint density at radius 2 is 2.29 bits per heavy atom. The molecule has 1 rings (SSSR count). The van der Waals surface area contributed by atoms with Gasteiger partial charge in [0.15, 0.2) is 0 Å². The number of rotatable bonds is 4. The first-order chi connectivity index (χ1) is 6.77. The lowest BCUT2D eigenvalue weighted by Crippen LogP contribution is -2.40. The minimum Gasteiger partial charge on any atom is -0.469 e. The Bertz CT molecular complexity index is 182. The Morgan fingerprint density at radius 3 is 2.93 bits per heavy atom. The molecule has 3 heteroatoms. The van der Waals surface area contributed by atoms with Gasteiger partial charge in [0.1, 0.15) is 0 Å². The normalized spacial score (nSPS) is 23.4. The van der Waals surface area contributed by atoms with Crippen LogP contribution >= 0.6 is 0 Å². The summed E-state index contributed by atoms with van der Waals surface area (Å²) in [5.74, 6) is -0.0922. The van der Waals surface area contributed by atoms with Gasteiger partial charge in [-0.2, -0.15) is 0 Å². The summed E-state index contributed by atoms with van der Waals surface area (Å²) < 4.78 is 4.64. The molecule has 1 aliphatic rings. The summed E-state index contributed by atoms with van der Waals surface area (Å²) in [6.07, 6.45) is 5.64. The molecule has 1 heterocycles. The van der Waals surface area contributed by atoms with Gasteiger partial charge in [-0.3, -0.25) is 9.69 Å². The van der Waals surface area contributed by atoms with Crippen LogP contribution in [0, 0.1) is 0 Å². The third-order valence-electron chi connectivity index (χ3n) is 3.05. The topological polar surface area (TPSA) is 29.5 Å². The molecule has 1 unspecified atom stereocenters. The summed E-state index contributed by atoms with van der Waals surface area (Å²) in [5, 5.41) is 0. The van der Waals surface area contributed by atoms with Crippen molar-refractivity contribution in [2.75, 3.05) is 20.2 Å². The Morgan fingerprint density at radius 1 is 1.50 bits per heavy atom. The van der Waals surface area contributed by atoms with Crippen molar-refractivity contribution < 1.29 is 9.53 Å². The fraction of sp³-hybridized carbons (Fsp3) is 0.909. The van der Waals surface area contributed by atoms with Crippen LogP contribution < -0.4 is 0 Å². The highest BCUT2D eigenvalue weighted by atomic mass is 16.5. The van der Waals surface area contributed by atoms with Gasteiger partial charge in [0.2, 0.25) is 0 Å². The number of methoxy groups -OCH3 is 1. The third-order valence-corrected chi connectivity index (χ3v) is 3.05. The molecule has 0 aromatic heterocycles. The number of hydrogen-bond acceptors (Lipinski definition) is 3. The molecule has 1 fully saturated rings. The number of nitrogens with zero attached hydrogens (tertiary/aromatic N) is 1. The largest absolute Gasteiger partial charge is 0.469 e. The summed E-state index contributed by atoms with van der Waals surface area (Å²) in [6, 6.07) is 0.688. The number of carbonyl (C=O) groups excluding carboxylic acids is 1. The van der Waals surface area contributed by atoms with Gasteiger partial charge >= 0.3 is 5.97 Å². The van der Waals surface area contributed by atoms with Gasteiger partial charge in [-0.25, -0.2) is 0 Å². The van der Waals surface area contributed by atoms with Crippen molar-refractivity contribution in [3.05, 3.63) is 0 Å². The second kappa shape index (κ2) is 6.02. The minimum absolute atomic E-state index is 0.0922. The van der Waals surface area contributed by atoms with Gasteiger partial charge < -0.3 is 4.74 Å². The number of likely N-dealkylation sites (tertiary alicyclic amines) is 1. The maximum atomic E-state index is 11.0. The van der Waals surface area contributed by atoms with Gasteiger partial charge in [-0.05, 0) is 25.8 Å². The van der Waals surface area contributed by atoms with Gasteiger partial charge in [0, 0.05) is 12.6 Å². The van der Waals surface area contributed by atoms with E-state index in [2.05, 4.69) is 16.6 Å². The number of piperidine rings is 1. The second-order valence-corrected chi connectivity index (χ2v) is 3.92. The standard InChI is InChI=1S/C11H21NO2/c1-3-10-6-4-5-8-12(10)9-7-11(13)14-2/h10H,3-9H2,1-2H3. The summed E-state index contributed by atoms with van der Waals surface area (Å²) >= 11 is 0. The van der Waals surface area contributed by atoms with E-state index in [4.69, 9.17) is 0 Å². The van der Waals surface area contributed by atoms with Crippen molar-refractivity contribution in [1.29, 1.82) is 0 Å². The lowest BCUT2D eigenvalue weighted by Gasteiger charge is -2.34. The van der Waals surface area contributed by atoms with Crippen molar-refractivity contribution in [3.63, 3.8) is 0 Å². The van der Waals surface area contributed by atoms with Gasteiger partial charge in [0.25, 0.3) is 0 Å². The summed E-state index contributed by atoms with van der Waals surface area (Å²) in [5.41, 5.74) is 0. The first kappa shape index (κ1) is 11.5. The number of esters is 1. The zero-order valence-electron chi connectivity index (χ0n) is 9.29. The molecule has 14 heavy (non-hydrogen) atoms. The predicted molar refractivity (Wildman–Crippen MR) is 56.1 cm³/mol. The fourth-order valence-electron chi connectivity index (χ4n) is 2.15. The molecular formula is C11H21NO2. The summed E-state index contributed by atoms with van der Waals surface area (Å²) in [4.78, 5) is 13.4. The van der Waals surface area contributed by atoms with Crippen molar-refractivity contribution in [3.8, 4) is 0 Å². The minimum atomic E-state index is -0.0922. The van der Waals surface area contributed by atoms with Crippen LogP contribution in [-0.4, -0.2) is 37.1 Å². The zero-order valence-corrected chi connectivity index (χ0v) is 9.29. The molecule has 0 spiro atoms. The van der Waals surface area contributed by atoms with E-state index >= 15 is 0 Å². The van der Waals surface area contributed by atoms with Crippen LogP contribution in [0.4, 0.5) is 0 Å². The Hall–Kier alpha value is -0.570. The summed E-state index contributed by atoms with van der Waals surface area (Å²) in [6.45, 7) is 4.24. The molecule has 0 N–H and O–H groups in total. The maximum absolute atomic E-state index is 11.0. The molecule has 0 aromatic rings. The molecule has 1 atom stereocenters. The Balaban J connectivity index is 2.29. The quantitative estimate of drug-likeness (QED) is 0.647. The van der Waals surface area contributed by atoms with E-state index in [1.807, 2.05) is 0 Å². The average Bonchev–Trinajstić information content (AvgIpc) is 2.26. The van der Waals surface area contributed by atoms with Crippen molar-refractivity contribution in [1.82, 2.24) is 4.90 Å². The highest BCUT2D eigenvalue weighted by molar-refractivity contribution is 5.69. The smallest absolute Gasteiger partial charge is 0.306 e. The molecule has 0 amide bonds. The van der Waals surface area contributed by atoms with Crippen LogP contribution in [0.5, 0.6) is 0 Å². The molecule has 1 aliphatic heterocycles. The van der Waals surface area contributed by atoms with E-state index in [0.717, 1.165) is 13.1 Å². The van der Waals surface area contributed by atoms with Crippen molar-refractivity contribution in [2.45, 2.75) is 45.1 Å². The Kier molecular flexibility index (Phi) is 4.94. The van der Waals surface area contributed by atoms with Crippen molar-refractivity contribution in [2.24, 2.45) is 0 Å². The molecule has 0 saturated carbocycles. The van der Waals surface area contributed by atoms with Crippen LogP contribution in [0.2, 0.25) is 0 Å². The highest BCUT2D eigenvalue weighted by Gasteiger charge is 2.20. The lowest BCUT2D eigenvalue weighted by molar-refractivity contribution is -0.141. The van der Waals surface area contributed by atoms with Crippen LogP contribution in [0.3, 0.4) is 0 Å². The number of carbonyl (C=O) groups is 1. The van der Waals surface area contributed by atoms with Crippen LogP contribution in [0.25, 0.3) is 0 Å². The maximum Gasteiger partial charge on any atom is 0.306 e. The zero-order chi connectivity index (χ0) is 10.4. The van der Waals surface area contributed by atoms with E-state index in [1.54, 1.807) is 0 Å². The van der Waals surface area contributed by atoms with Crippen LogP contribution in [0.1, 0.15) is 39.0 Å². The second-order valence-electron chi connectivity index (χ2n) is 3.92. The molecule has 0 aromatic carbocycles. The van der Waals surface area contributed by atoms with E-state index < -0.39 is 0 Å². The van der Waals surface area contributed by atoms with E-state index in [-0.39, 0.29) is 5.97 Å². The SMILES string of the molecule is CCC1CCCCN1CCC(=O)OC. The van der Waals surface area contributed by atoms with E-state index in [9.17, 15) is 4.79 Å². The van der Waals surface area contributed by atoms with E-state index in [0.29, 0.717) is 12.5 Å². The number of hydrogen-bond donors (Lipinski definition) is 0. The highest BCUT2D eigenvalue weighted by Crippen LogP contribution is 2.19. The summed E-state index contributed by atoms with van der Waals surface area (Å²) in [7, 11) is 1.45. The van der Waals surface area contributed by atoms with Crippen molar-refractivity contribution >= 4 is 5.97 Å². The average molecular weight is 199 g/mol. The molecule has 82 valence electrons. The van der Waals surface area contributed by atoms with Crippen LogP contribution in [-0.2, 0) is 9.53 Å². The lowest BCUT2D eigenvalue weighted by atomic mass is 10.00. The van der Waals surface area contributed by atoms with Gasteiger partial charge in [0.05, 0.1) is 13.5 Å². The molecular weight excluding hydrogens is 178 g/mol. The van der Waals surface area contributed by atoms with Gasteiger partial charge in [-0.15, -0.1) is 0 Å². The number of ether oxygens (including phenoxy) is 1. The third kappa shape index (κ3) is 3.29. The fourth-order valence-corrected chi connectivity index (χ4v) is 2.15. The first-order valence-corrected chi connectivity index (χ1v) is 5.58. The van der Waals surface area contributed by atoms with Crippen LogP contribution in [0.15, 0.2) is 0 Å².